The van der Waals surface area contributed by atoms with Crippen LogP contribution in [0.5, 0.6) is 5.75 Å². The lowest BCUT2D eigenvalue weighted by Crippen LogP contribution is -2.35. The van der Waals surface area contributed by atoms with Crippen molar-refractivity contribution in [2.45, 2.75) is 19.9 Å². The number of para-hydroxylation sites is 1. The maximum atomic E-state index is 13.6. The Hall–Kier alpha value is -2.56. The molecule has 0 fully saturated rings. The Morgan fingerprint density at radius 2 is 1.74 bits per heavy atom. The summed E-state index contributed by atoms with van der Waals surface area (Å²) in [5.41, 5.74) is 1.12. The van der Waals surface area contributed by atoms with Crippen LogP contribution in [0.1, 0.15) is 25.5 Å². The molecule has 2 aromatic rings. The van der Waals surface area contributed by atoms with Crippen molar-refractivity contribution in [3.8, 4) is 5.75 Å². The Morgan fingerprint density at radius 1 is 1.09 bits per heavy atom. The van der Waals surface area contributed by atoms with Gasteiger partial charge in [-0.05, 0) is 35.7 Å². The Morgan fingerprint density at radius 3 is 2.30 bits per heavy atom. The van der Waals surface area contributed by atoms with Gasteiger partial charge in [0.2, 0.25) is 0 Å². The minimum Gasteiger partial charge on any atom is -0.497 e. The van der Waals surface area contributed by atoms with Crippen molar-refractivity contribution in [2.75, 3.05) is 12.4 Å². The van der Waals surface area contributed by atoms with Gasteiger partial charge in [0.05, 0.1) is 18.8 Å². The van der Waals surface area contributed by atoms with Gasteiger partial charge >= 0.3 is 6.03 Å². The van der Waals surface area contributed by atoms with E-state index in [0.717, 1.165) is 11.3 Å². The Kier molecular flexibility index (Phi) is 5.57. The minimum atomic E-state index is -0.465. The third-order valence-electron chi connectivity index (χ3n) is 3.55. The van der Waals surface area contributed by atoms with Crippen LogP contribution in [0.15, 0.2) is 48.5 Å². The number of hydrogen-bond donors (Lipinski definition) is 2. The van der Waals surface area contributed by atoms with Crippen LogP contribution < -0.4 is 15.4 Å². The molecular weight excluding hydrogens is 295 g/mol. The molecule has 0 radical (unpaired) electrons. The highest BCUT2D eigenvalue weighted by Crippen LogP contribution is 2.24. The van der Waals surface area contributed by atoms with Gasteiger partial charge < -0.3 is 15.4 Å². The van der Waals surface area contributed by atoms with Crippen molar-refractivity contribution < 1.29 is 13.9 Å². The van der Waals surface area contributed by atoms with Gasteiger partial charge in [-0.15, -0.1) is 0 Å². The standard InChI is InChI=1S/C18H21FN2O2/c1-12(2)17(13-8-10-14(23-3)11-9-13)21-18(22)20-16-7-5-4-6-15(16)19/h4-12,17H,1-3H3,(H2,20,21,22). The summed E-state index contributed by atoms with van der Waals surface area (Å²) in [7, 11) is 1.61. The zero-order chi connectivity index (χ0) is 16.8. The first kappa shape index (κ1) is 16.8. The first-order valence-electron chi connectivity index (χ1n) is 7.47. The van der Waals surface area contributed by atoms with E-state index in [0.29, 0.717) is 0 Å². The second kappa shape index (κ2) is 7.63. The second-order valence-electron chi connectivity index (χ2n) is 5.57. The number of hydrogen-bond acceptors (Lipinski definition) is 2. The molecule has 23 heavy (non-hydrogen) atoms. The van der Waals surface area contributed by atoms with Gasteiger partial charge in [-0.3, -0.25) is 0 Å². The van der Waals surface area contributed by atoms with Gasteiger partial charge in [-0.1, -0.05) is 38.1 Å². The number of halogens is 1. The van der Waals surface area contributed by atoms with Crippen LogP contribution in [0.3, 0.4) is 0 Å². The molecule has 0 aliphatic rings. The normalized spacial score (nSPS) is 11.9. The number of ether oxygens (including phenoxy) is 1. The van der Waals surface area contributed by atoms with E-state index in [1.54, 1.807) is 19.2 Å². The fourth-order valence-electron chi connectivity index (χ4n) is 2.31. The lowest BCUT2D eigenvalue weighted by molar-refractivity contribution is 0.244. The molecule has 0 aliphatic carbocycles. The van der Waals surface area contributed by atoms with E-state index in [2.05, 4.69) is 10.6 Å². The van der Waals surface area contributed by atoms with Crippen LogP contribution in [0.4, 0.5) is 14.9 Å². The molecule has 1 unspecified atom stereocenters. The third-order valence-corrected chi connectivity index (χ3v) is 3.55. The summed E-state index contributed by atoms with van der Waals surface area (Å²) in [4.78, 5) is 12.2. The molecule has 0 heterocycles. The van der Waals surface area contributed by atoms with Gasteiger partial charge in [0.15, 0.2) is 0 Å². The monoisotopic (exact) mass is 316 g/mol. The van der Waals surface area contributed by atoms with E-state index in [1.165, 1.54) is 12.1 Å². The molecule has 0 spiro atoms. The number of anilines is 1. The fraction of sp³-hybridized carbons (Fsp3) is 0.278. The summed E-state index contributed by atoms with van der Waals surface area (Å²) in [6.45, 7) is 4.02. The SMILES string of the molecule is COc1ccc(C(NC(=O)Nc2ccccc2F)C(C)C)cc1. The average Bonchev–Trinajstić information content (AvgIpc) is 2.55. The quantitative estimate of drug-likeness (QED) is 0.861. The van der Waals surface area contributed by atoms with E-state index >= 15 is 0 Å². The molecule has 2 amide bonds. The largest absolute Gasteiger partial charge is 0.497 e. The molecule has 122 valence electrons. The summed E-state index contributed by atoms with van der Waals surface area (Å²) in [5.74, 6) is 0.468. The lowest BCUT2D eigenvalue weighted by atomic mass is 9.96. The van der Waals surface area contributed by atoms with E-state index in [4.69, 9.17) is 4.74 Å². The Balaban J connectivity index is 2.09. The first-order valence-corrected chi connectivity index (χ1v) is 7.47. The van der Waals surface area contributed by atoms with Crippen molar-refractivity contribution in [2.24, 2.45) is 5.92 Å². The van der Waals surface area contributed by atoms with Gasteiger partial charge in [0.25, 0.3) is 0 Å². The molecule has 2 N–H and O–H groups in total. The van der Waals surface area contributed by atoms with Gasteiger partial charge in [-0.25, -0.2) is 9.18 Å². The number of rotatable bonds is 5. The molecule has 0 saturated heterocycles. The summed E-state index contributed by atoms with van der Waals surface area (Å²) >= 11 is 0. The van der Waals surface area contributed by atoms with E-state index in [-0.39, 0.29) is 17.6 Å². The van der Waals surface area contributed by atoms with Crippen LogP contribution in [-0.2, 0) is 0 Å². The number of urea groups is 1. The maximum Gasteiger partial charge on any atom is 0.319 e. The van der Waals surface area contributed by atoms with Crippen molar-refractivity contribution in [1.29, 1.82) is 0 Å². The number of carbonyl (C=O) groups is 1. The average molecular weight is 316 g/mol. The van der Waals surface area contributed by atoms with E-state index in [9.17, 15) is 9.18 Å². The molecule has 0 bridgehead atoms. The Bertz CT molecular complexity index is 656. The van der Waals surface area contributed by atoms with Crippen LogP contribution in [0, 0.1) is 11.7 Å². The molecule has 0 aliphatic heterocycles. The molecule has 0 aromatic heterocycles. The smallest absolute Gasteiger partial charge is 0.319 e. The Labute approximate surface area is 135 Å². The van der Waals surface area contributed by atoms with Crippen molar-refractivity contribution in [1.82, 2.24) is 5.32 Å². The fourth-order valence-corrected chi connectivity index (χ4v) is 2.31. The van der Waals surface area contributed by atoms with Gasteiger partial charge in [0.1, 0.15) is 11.6 Å². The lowest BCUT2D eigenvalue weighted by Gasteiger charge is -2.23. The molecule has 1 atom stereocenters. The highest BCUT2D eigenvalue weighted by atomic mass is 19.1. The summed E-state index contributed by atoms with van der Waals surface area (Å²) in [6.07, 6.45) is 0. The molecule has 2 rings (SSSR count). The minimum absolute atomic E-state index is 0.155. The number of amides is 2. The molecule has 5 heteroatoms. The van der Waals surface area contributed by atoms with Crippen LogP contribution in [-0.4, -0.2) is 13.1 Å². The van der Waals surface area contributed by atoms with Crippen LogP contribution >= 0.6 is 0 Å². The highest BCUT2D eigenvalue weighted by Gasteiger charge is 2.19. The molecular formula is C18H21FN2O2. The molecule has 4 nitrogen and oxygen atoms in total. The number of nitrogens with one attached hydrogen (secondary N) is 2. The summed E-state index contributed by atoms with van der Waals surface area (Å²) in [5, 5.41) is 5.43. The molecule has 0 saturated carbocycles. The second-order valence-corrected chi connectivity index (χ2v) is 5.57. The number of methoxy groups -OCH3 is 1. The van der Waals surface area contributed by atoms with Crippen LogP contribution in [0.25, 0.3) is 0 Å². The predicted molar refractivity (Wildman–Crippen MR) is 89.1 cm³/mol. The topological polar surface area (TPSA) is 50.4 Å². The van der Waals surface area contributed by atoms with Crippen molar-refractivity contribution in [3.63, 3.8) is 0 Å². The van der Waals surface area contributed by atoms with Crippen LogP contribution in [0.2, 0.25) is 0 Å². The first-order chi connectivity index (χ1) is 11.0. The molecule has 2 aromatic carbocycles. The zero-order valence-electron chi connectivity index (χ0n) is 13.5. The van der Waals surface area contributed by atoms with E-state index < -0.39 is 11.8 Å². The summed E-state index contributed by atoms with van der Waals surface area (Å²) in [6, 6.07) is 13.0. The van der Waals surface area contributed by atoms with Gasteiger partial charge in [-0.2, -0.15) is 0 Å². The zero-order valence-corrected chi connectivity index (χ0v) is 13.5. The predicted octanol–water partition coefficient (Wildman–Crippen LogP) is 4.35. The maximum absolute atomic E-state index is 13.6. The summed E-state index contributed by atoms with van der Waals surface area (Å²) < 4.78 is 18.7. The highest BCUT2D eigenvalue weighted by molar-refractivity contribution is 5.89. The number of carbonyl (C=O) groups excluding carboxylic acids is 1. The van der Waals surface area contributed by atoms with Crippen molar-refractivity contribution in [3.05, 3.63) is 59.9 Å². The number of benzene rings is 2. The van der Waals surface area contributed by atoms with Gasteiger partial charge in [0, 0.05) is 0 Å². The van der Waals surface area contributed by atoms with E-state index in [1.807, 2.05) is 38.1 Å². The van der Waals surface area contributed by atoms with Crippen molar-refractivity contribution >= 4 is 11.7 Å². The third kappa shape index (κ3) is 4.45.